The van der Waals surface area contributed by atoms with Crippen molar-refractivity contribution in [2.45, 2.75) is 6.35 Å². The van der Waals surface area contributed by atoms with Crippen LogP contribution >= 0.6 is 0 Å². The van der Waals surface area contributed by atoms with Crippen LogP contribution in [0, 0.1) is 0 Å². The van der Waals surface area contributed by atoms with E-state index in [9.17, 15) is 4.79 Å². The minimum Gasteiger partial charge on any atom is -0.364 e. The zero-order chi connectivity index (χ0) is 9.84. The second-order valence-corrected chi connectivity index (χ2v) is 2.18. The highest BCUT2D eigenvalue weighted by atomic mass is 16.3. The molecule has 13 heavy (non-hydrogen) atoms. The molecule has 1 amide bonds. The van der Waals surface area contributed by atoms with Crippen LogP contribution in [0.3, 0.4) is 0 Å². The van der Waals surface area contributed by atoms with E-state index in [0.717, 1.165) is 4.68 Å². The van der Waals surface area contributed by atoms with Gasteiger partial charge in [0.05, 0.1) is 6.20 Å². The number of nitrogens with zero attached hydrogens (tertiary/aromatic N) is 2. The van der Waals surface area contributed by atoms with Gasteiger partial charge < -0.3 is 16.3 Å². The number of carbonyl (C=O) groups is 1. The molecule has 8 heteroatoms. The third-order valence-electron chi connectivity index (χ3n) is 1.20. The van der Waals surface area contributed by atoms with Crippen molar-refractivity contribution < 1.29 is 9.90 Å². The Balaban J connectivity index is 2.65. The molecule has 0 spiro atoms. The Bertz CT molecular complexity index is 295. The quantitative estimate of drug-likeness (QED) is 0.273. The molecule has 1 rings (SSSR count). The number of hydrogen-bond acceptors (Lipinski definition) is 6. The van der Waals surface area contributed by atoms with Gasteiger partial charge in [-0.25, -0.2) is 4.79 Å². The fourth-order valence-corrected chi connectivity index (χ4v) is 0.722. The summed E-state index contributed by atoms with van der Waals surface area (Å²) in [5.41, 5.74) is 14.6. The number of aliphatic hydroxyl groups excluding tert-OH is 1. The highest BCUT2D eigenvalue weighted by molar-refractivity contribution is 5.77. The van der Waals surface area contributed by atoms with Crippen LogP contribution in [0.15, 0.2) is 12.3 Å². The Morgan fingerprint density at radius 2 is 2.46 bits per heavy atom. The molecule has 0 aliphatic carbocycles. The Morgan fingerprint density at radius 3 is 3.00 bits per heavy atom. The number of amides is 1. The van der Waals surface area contributed by atoms with E-state index in [0.29, 0.717) is 0 Å². The van der Waals surface area contributed by atoms with Gasteiger partial charge in [-0.3, -0.25) is 5.73 Å². The van der Waals surface area contributed by atoms with E-state index in [1.807, 2.05) is 0 Å². The summed E-state index contributed by atoms with van der Waals surface area (Å²) in [4.78, 5) is 10.7. The smallest absolute Gasteiger partial charge is 0.341 e. The second kappa shape index (κ2) is 3.85. The van der Waals surface area contributed by atoms with Gasteiger partial charge in [-0.2, -0.15) is 15.2 Å². The first-order valence-electron chi connectivity index (χ1n) is 3.40. The summed E-state index contributed by atoms with van der Waals surface area (Å²) in [6.45, 7) is 0. The number of aliphatic hydroxyl groups is 1. The Morgan fingerprint density at radius 1 is 1.77 bits per heavy atom. The predicted molar refractivity (Wildman–Crippen MR) is 44.2 cm³/mol. The van der Waals surface area contributed by atoms with Crippen molar-refractivity contribution in [3.8, 4) is 0 Å². The Kier molecular flexibility index (Phi) is 2.80. The first-order chi connectivity index (χ1) is 6.11. The van der Waals surface area contributed by atoms with Crippen LogP contribution < -0.4 is 22.3 Å². The SMILES string of the molecule is NC(=O)n1nccc1NNC(N)O. The van der Waals surface area contributed by atoms with Crippen LogP contribution in [0.2, 0.25) is 0 Å². The minimum absolute atomic E-state index is 0.289. The van der Waals surface area contributed by atoms with Crippen molar-refractivity contribution >= 4 is 11.8 Å². The van der Waals surface area contributed by atoms with Gasteiger partial charge in [0.15, 0.2) is 6.35 Å². The molecule has 0 aliphatic heterocycles. The fourth-order valence-electron chi connectivity index (χ4n) is 0.722. The molecule has 8 nitrogen and oxygen atoms in total. The lowest BCUT2D eigenvalue weighted by Gasteiger charge is -2.09. The maximum absolute atomic E-state index is 10.7. The van der Waals surface area contributed by atoms with E-state index in [-0.39, 0.29) is 5.82 Å². The topological polar surface area (TPSA) is 131 Å². The average molecular weight is 186 g/mol. The van der Waals surface area contributed by atoms with Gasteiger partial charge in [0, 0.05) is 6.07 Å². The maximum Gasteiger partial charge on any atom is 0.341 e. The normalized spacial score (nSPS) is 12.5. The molecule has 0 radical (unpaired) electrons. The molecule has 7 N–H and O–H groups in total. The van der Waals surface area contributed by atoms with Crippen molar-refractivity contribution in [1.82, 2.24) is 15.2 Å². The largest absolute Gasteiger partial charge is 0.364 e. The van der Waals surface area contributed by atoms with Crippen LogP contribution in [0.1, 0.15) is 0 Å². The van der Waals surface area contributed by atoms with Crippen LogP contribution in [0.4, 0.5) is 10.6 Å². The molecule has 0 fully saturated rings. The third-order valence-corrected chi connectivity index (χ3v) is 1.20. The number of hydrazine groups is 1. The molecule has 1 aromatic heterocycles. The lowest BCUT2D eigenvalue weighted by atomic mass is 10.6. The van der Waals surface area contributed by atoms with Gasteiger partial charge in [0.25, 0.3) is 0 Å². The standard InChI is InChI=1S/C5H10N6O2/c6-4(12)10-9-3-1-2-8-11(3)5(7)13/h1-2,4,9-10,12H,6H2,(H2,7,13). The summed E-state index contributed by atoms with van der Waals surface area (Å²) in [7, 11) is 0. The van der Waals surface area contributed by atoms with Crippen molar-refractivity contribution in [2.24, 2.45) is 11.5 Å². The highest BCUT2D eigenvalue weighted by Gasteiger charge is 2.06. The number of nitrogens with one attached hydrogen (secondary N) is 2. The maximum atomic E-state index is 10.7. The molecular weight excluding hydrogens is 176 g/mol. The summed E-state index contributed by atoms with van der Waals surface area (Å²) in [6.07, 6.45) is 0.133. The Labute approximate surface area is 73.5 Å². The number of nitrogens with two attached hydrogens (primary N) is 2. The number of anilines is 1. The summed E-state index contributed by atoms with van der Waals surface area (Å²) in [5.74, 6) is 0.289. The monoisotopic (exact) mass is 186 g/mol. The lowest BCUT2D eigenvalue weighted by Crippen LogP contribution is -2.41. The fraction of sp³-hybridized carbons (Fsp3) is 0.200. The van der Waals surface area contributed by atoms with Crippen molar-refractivity contribution in [2.75, 3.05) is 5.43 Å². The number of rotatable bonds is 3. The van der Waals surface area contributed by atoms with E-state index < -0.39 is 12.4 Å². The van der Waals surface area contributed by atoms with Crippen molar-refractivity contribution in [3.63, 3.8) is 0 Å². The molecular formula is C5H10N6O2. The van der Waals surface area contributed by atoms with Crippen LogP contribution in [0.25, 0.3) is 0 Å². The van der Waals surface area contributed by atoms with Crippen molar-refractivity contribution in [1.29, 1.82) is 0 Å². The summed E-state index contributed by atoms with van der Waals surface area (Å²) < 4.78 is 0.912. The van der Waals surface area contributed by atoms with Crippen LogP contribution in [0.5, 0.6) is 0 Å². The number of aromatic nitrogens is 2. The molecule has 1 heterocycles. The van der Waals surface area contributed by atoms with Gasteiger partial charge in [-0.15, -0.1) is 0 Å². The summed E-state index contributed by atoms with van der Waals surface area (Å²) in [6, 6.07) is 0.751. The zero-order valence-corrected chi connectivity index (χ0v) is 6.64. The van der Waals surface area contributed by atoms with Crippen molar-refractivity contribution in [3.05, 3.63) is 12.3 Å². The average Bonchev–Trinajstić information content (AvgIpc) is 2.47. The molecule has 0 aromatic carbocycles. The molecule has 0 saturated heterocycles. The highest BCUT2D eigenvalue weighted by Crippen LogP contribution is 2.02. The van der Waals surface area contributed by atoms with E-state index in [2.05, 4.69) is 16.0 Å². The Hall–Kier alpha value is -1.64. The van der Waals surface area contributed by atoms with Crippen LogP contribution in [-0.4, -0.2) is 27.3 Å². The van der Waals surface area contributed by atoms with Gasteiger partial charge in [-0.05, 0) is 0 Å². The molecule has 72 valence electrons. The van der Waals surface area contributed by atoms with E-state index >= 15 is 0 Å². The molecule has 0 aliphatic rings. The summed E-state index contributed by atoms with van der Waals surface area (Å²) >= 11 is 0. The second-order valence-electron chi connectivity index (χ2n) is 2.18. The number of primary amides is 1. The molecule has 0 bridgehead atoms. The van der Waals surface area contributed by atoms with E-state index in [4.69, 9.17) is 16.6 Å². The minimum atomic E-state index is -1.24. The summed E-state index contributed by atoms with van der Waals surface area (Å²) in [5, 5.41) is 12.2. The number of carbonyl (C=O) groups excluding carboxylic acids is 1. The lowest BCUT2D eigenvalue weighted by molar-refractivity contribution is 0.153. The van der Waals surface area contributed by atoms with Crippen LogP contribution in [-0.2, 0) is 0 Å². The molecule has 1 atom stereocenters. The van der Waals surface area contributed by atoms with E-state index in [1.165, 1.54) is 12.3 Å². The first kappa shape index (κ1) is 9.45. The van der Waals surface area contributed by atoms with Gasteiger partial charge in [0.2, 0.25) is 0 Å². The zero-order valence-electron chi connectivity index (χ0n) is 6.64. The molecule has 1 unspecified atom stereocenters. The first-order valence-corrected chi connectivity index (χ1v) is 3.40. The third kappa shape index (κ3) is 2.40. The predicted octanol–water partition coefficient (Wildman–Crippen LogP) is -2.04. The van der Waals surface area contributed by atoms with Gasteiger partial charge in [-0.1, -0.05) is 0 Å². The van der Waals surface area contributed by atoms with Gasteiger partial charge >= 0.3 is 6.03 Å². The van der Waals surface area contributed by atoms with Gasteiger partial charge in [0.1, 0.15) is 5.82 Å². The molecule has 1 aromatic rings. The molecule has 0 saturated carbocycles. The number of hydrogen-bond donors (Lipinski definition) is 5. The van der Waals surface area contributed by atoms with E-state index in [1.54, 1.807) is 0 Å².